The summed E-state index contributed by atoms with van der Waals surface area (Å²) in [6.45, 7) is 1.16. The molecule has 300 valence electrons. The van der Waals surface area contributed by atoms with Gasteiger partial charge in [-0.3, -0.25) is 9.11 Å². The Morgan fingerprint density at radius 2 is 1.16 bits per heavy atom. The zero-order valence-corrected chi connectivity index (χ0v) is 32.5. The van der Waals surface area contributed by atoms with Gasteiger partial charge in [-0.1, -0.05) is 42.5 Å². The molecule has 19 nitrogen and oxygen atoms in total. The number of halogens is 1. The number of benzene rings is 3. The third-order valence-electron chi connectivity index (χ3n) is 8.45. The van der Waals surface area contributed by atoms with Crippen molar-refractivity contribution >= 4 is 90.8 Å². The van der Waals surface area contributed by atoms with Crippen LogP contribution < -0.4 is 25.8 Å². The smallest absolute Gasteiger partial charge is 0.295 e. The van der Waals surface area contributed by atoms with Crippen LogP contribution in [0.15, 0.2) is 76.5 Å². The first-order chi connectivity index (χ1) is 27.3. The van der Waals surface area contributed by atoms with Crippen LogP contribution in [0.3, 0.4) is 0 Å². The normalized spacial score (nSPS) is 13.5. The molecule has 2 aromatic heterocycles. The zero-order valence-electron chi connectivity index (χ0n) is 30.1. The number of aliphatic hydroxyl groups is 2. The van der Waals surface area contributed by atoms with Crippen molar-refractivity contribution in [2.75, 3.05) is 65.1 Å². The summed E-state index contributed by atoms with van der Waals surface area (Å²) in [4.78, 5) is 28.3. The van der Waals surface area contributed by atoms with Gasteiger partial charge in [-0.05, 0) is 78.4 Å². The van der Waals surface area contributed by atoms with Crippen LogP contribution in [0.2, 0.25) is 5.28 Å². The van der Waals surface area contributed by atoms with Crippen LogP contribution in [-0.2, 0) is 20.2 Å². The topological polar surface area (TPSA) is 269 Å². The molecule has 57 heavy (non-hydrogen) atoms. The minimum Gasteiger partial charge on any atom is -0.395 e. The van der Waals surface area contributed by atoms with Gasteiger partial charge in [0.1, 0.15) is 9.79 Å². The molecular weight excluding hydrogens is 802 g/mol. The molecule has 0 saturated carbocycles. The second-order valence-electron chi connectivity index (χ2n) is 12.5. The van der Waals surface area contributed by atoms with E-state index in [0.29, 0.717) is 11.6 Å². The van der Waals surface area contributed by atoms with Crippen molar-refractivity contribution in [2.24, 2.45) is 0 Å². The van der Waals surface area contributed by atoms with E-state index >= 15 is 0 Å². The van der Waals surface area contributed by atoms with Gasteiger partial charge in [0.15, 0.2) is 0 Å². The van der Waals surface area contributed by atoms with Gasteiger partial charge in [-0.2, -0.15) is 46.7 Å². The average Bonchev–Trinajstić information content (AvgIpc) is 3.17. The summed E-state index contributed by atoms with van der Waals surface area (Å²) in [5, 5.41) is 28.0. The summed E-state index contributed by atoms with van der Waals surface area (Å²) in [5.41, 5.74) is 0.936. The highest BCUT2D eigenvalue weighted by Crippen LogP contribution is 2.29. The number of para-hydroxylation sites is 1. The first kappa shape index (κ1) is 41.1. The highest BCUT2D eigenvalue weighted by Gasteiger charge is 2.21. The first-order valence-corrected chi connectivity index (χ1v) is 20.7. The monoisotopic (exact) mass is 839 g/mol. The molecule has 1 fully saturated rings. The van der Waals surface area contributed by atoms with Gasteiger partial charge in [0.05, 0.1) is 13.2 Å². The predicted molar refractivity (Wildman–Crippen MR) is 215 cm³/mol. The lowest BCUT2D eigenvalue weighted by Crippen LogP contribution is -2.31. The molecule has 5 aromatic rings. The van der Waals surface area contributed by atoms with Crippen molar-refractivity contribution in [3.63, 3.8) is 0 Å². The molecule has 0 radical (unpaired) electrons. The van der Waals surface area contributed by atoms with Crippen LogP contribution in [0.4, 0.5) is 46.8 Å². The fourth-order valence-electron chi connectivity index (χ4n) is 5.84. The van der Waals surface area contributed by atoms with Crippen molar-refractivity contribution in [1.29, 1.82) is 0 Å². The molecule has 7 N–H and O–H groups in total. The van der Waals surface area contributed by atoms with Crippen molar-refractivity contribution in [2.45, 2.75) is 29.1 Å². The maximum Gasteiger partial charge on any atom is 0.295 e. The summed E-state index contributed by atoms with van der Waals surface area (Å²) < 4.78 is 70.7. The molecule has 3 aromatic carbocycles. The second-order valence-corrected chi connectivity index (χ2v) is 15.6. The van der Waals surface area contributed by atoms with Crippen molar-refractivity contribution < 1.29 is 36.2 Å². The molecule has 0 unspecified atom stereocenters. The maximum absolute atomic E-state index is 12.6. The maximum atomic E-state index is 12.6. The lowest BCUT2D eigenvalue weighted by Gasteiger charge is -2.26. The minimum atomic E-state index is -4.86. The van der Waals surface area contributed by atoms with E-state index in [2.05, 4.69) is 45.9 Å². The Morgan fingerprint density at radius 1 is 0.649 bits per heavy atom. The third-order valence-corrected chi connectivity index (χ3v) is 10.4. The molecule has 0 spiro atoms. The number of aliphatic hydroxyl groups excluding tert-OH is 2. The Kier molecular flexibility index (Phi) is 13.1. The Balaban J connectivity index is 1.28. The largest absolute Gasteiger partial charge is 0.395 e. The minimum absolute atomic E-state index is 0.0132. The number of aromatic nitrogens is 6. The fourth-order valence-corrected chi connectivity index (χ4v) is 7.41. The van der Waals surface area contributed by atoms with Crippen LogP contribution in [0.25, 0.3) is 12.2 Å². The summed E-state index contributed by atoms with van der Waals surface area (Å²) >= 11 is 6.16. The van der Waals surface area contributed by atoms with Crippen molar-refractivity contribution in [1.82, 2.24) is 29.9 Å². The van der Waals surface area contributed by atoms with E-state index in [1.807, 2.05) is 11.0 Å². The summed E-state index contributed by atoms with van der Waals surface area (Å²) in [7, 11) is -9.68. The van der Waals surface area contributed by atoms with Gasteiger partial charge in [0, 0.05) is 43.2 Å². The molecule has 3 heterocycles. The van der Waals surface area contributed by atoms with Crippen molar-refractivity contribution in [3.8, 4) is 0 Å². The molecule has 1 saturated heterocycles. The summed E-state index contributed by atoms with van der Waals surface area (Å²) in [6.07, 6.45) is 5.55. The van der Waals surface area contributed by atoms with Gasteiger partial charge in [-0.15, -0.1) is 0 Å². The molecule has 22 heteroatoms. The Morgan fingerprint density at radius 3 is 1.67 bits per heavy atom. The standard InChI is InChI=1S/C35H38ClN11O8S2/c36-30-40-31(43-34(41-30)46-15-5-2-6-16-46)38-26-13-11-23(28(21-26)56(50,51)52)9-10-24-12-14-27(22-29(24)57(53,54)55)39-33-42-32(37-25-7-3-1-4-8-25)44-35(45-33)47(17-19-48)18-20-49/h1,3-4,7-14,21-22,48-49H,2,5-6,15-20H2,(H,50,51,52)(H,53,54,55)(H,38,40,41,43)(H2,37,39,42,44,45)/b10-9+. The van der Waals surface area contributed by atoms with Gasteiger partial charge in [-0.25, -0.2) is 0 Å². The van der Waals surface area contributed by atoms with E-state index in [0.717, 1.165) is 44.5 Å². The second kappa shape index (κ2) is 18.1. The van der Waals surface area contributed by atoms with E-state index in [4.69, 9.17) is 11.6 Å². The number of rotatable bonds is 16. The highest BCUT2D eigenvalue weighted by molar-refractivity contribution is 7.86. The first-order valence-electron chi connectivity index (χ1n) is 17.5. The Bertz CT molecular complexity index is 2450. The lowest BCUT2D eigenvalue weighted by molar-refractivity contribution is 0.280. The zero-order chi connectivity index (χ0) is 40.6. The van der Waals surface area contributed by atoms with Gasteiger partial charge < -0.3 is 36.0 Å². The number of hydrogen-bond donors (Lipinski definition) is 7. The van der Waals surface area contributed by atoms with Crippen LogP contribution >= 0.6 is 11.6 Å². The average molecular weight is 840 g/mol. The van der Waals surface area contributed by atoms with E-state index in [-0.39, 0.29) is 77.9 Å². The summed E-state index contributed by atoms with van der Waals surface area (Å²) in [5.74, 6) is 0.570. The number of anilines is 8. The molecule has 0 bridgehead atoms. The highest BCUT2D eigenvalue weighted by atomic mass is 35.5. The van der Waals surface area contributed by atoms with E-state index in [1.54, 1.807) is 24.3 Å². The van der Waals surface area contributed by atoms with Crippen LogP contribution in [-0.4, -0.2) is 105 Å². The van der Waals surface area contributed by atoms with Crippen LogP contribution in [0.1, 0.15) is 30.4 Å². The lowest BCUT2D eigenvalue weighted by atomic mass is 10.1. The third kappa shape index (κ3) is 11.1. The van der Waals surface area contributed by atoms with Gasteiger partial charge in [0.2, 0.25) is 35.0 Å². The van der Waals surface area contributed by atoms with Gasteiger partial charge >= 0.3 is 0 Å². The SMILES string of the molecule is O=S(=O)(O)c1cc(Nc2nc(Cl)nc(N3CCCCC3)n2)ccc1/C=C/c1ccc(Nc2nc(Nc3ccccc3)nc(N(CCO)CCO)n2)cc1S(=O)(=O)O. The number of nitrogens with one attached hydrogen (secondary N) is 3. The van der Waals surface area contributed by atoms with E-state index in [1.165, 1.54) is 41.3 Å². The number of hydrogen-bond acceptors (Lipinski definition) is 17. The number of nitrogens with zero attached hydrogens (tertiary/aromatic N) is 8. The Hall–Kier alpha value is -5.55. The Labute approximate surface area is 333 Å². The fraction of sp³-hybridized carbons (Fsp3) is 0.257. The molecule has 0 amide bonds. The molecular formula is C35H38ClN11O8S2. The quantitative estimate of drug-likeness (QED) is 0.0536. The molecule has 0 atom stereocenters. The molecule has 0 aliphatic carbocycles. The molecule has 1 aliphatic rings. The van der Waals surface area contributed by atoms with Gasteiger partial charge in [0.25, 0.3) is 20.2 Å². The van der Waals surface area contributed by atoms with Crippen LogP contribution in [0.5, 0.6) is 0 Å². The molecule has 1 aliphatic heterocycles. The van der Waals surface area contributed by atoms with Crippen molar-refractivity contribution in [3.05, 3.63) is 83.1 Å². The van der Waals surface area contributed by atoms with E-state index < -0.39 is 30.0 Å². The number of piperidine rings is 1. The summed E-state index contributed by atoms with van der Waals surface area (Å²) in [6, 6.07) is 17.0. The van der Waals surface area contributed by atoms with E-state index in [9.17, 15) is 36.2 Å². The van der Waals surface area contributed by atoms with Crippen LogP contribution in [0, 0.1) is 0 Å². The molecule has 6 rings (SSSR count). The predicted octanol–water partition coefficient (Wildman–Crippen LogP) is 4.39.